The highest BCUT2D eigenvalue weighted by Crippen LogP contribution is 2.54. The van der Waals surface area contributed by atoms with E-state index in [0.717, 1.165) is 49.7 Å². The van der Waals surface area contributed by atoms with Gasteiger partial charge >= 0.3 is 0 Å². The molecule has 0 bridgehead atoms. The van der Waals surface area contributed by atoms with Crippen LogP contribution >= 0.6 is 11.6 Å². The number of hydrogen-bond donors (Lipinski definition) is 3. The molecule has 206 valence electrons. The minimum absolute atomic E-state index is 0.00919. The Labute approximate surface area is 235 Å². The molecule has 1 aliphatic heterocycles. The van der Waals surface area contributed by atoms with Gasteiger partial charge in [-0.15, -0.1) is 0 Å². The second-order valence-corrected chi connectivity index (χ2v) is 12.8. The quantitative estimate of drug-likeness (QED) is 0.304. The Morgan fingerprint density at radius 1 is 1.15 bits per heavy atom. The molecule has 2 fully saturated rings. The first-order valence-electron chi connectivity index (χ1n) is 13.9. The summed E-state index contributed by atoms with van der Waals surface area (Å²) in [5.41, 5.74) is 7.79. The van der Waals surface area contributed by atoms with Gasteiger partial charge in [-0.1, -0.05) is 56.6 Å². The smallest absolute Gasteiger partial charge is 0.275 e. The molecule has 3 aliphatic rings. The fraction of sp³-hybridized carbons (Fsp3) is 0.484. The Bertz CT molecular complexity index is 1300. The van der Waals surface area contributed by atoms with Gasteiger partial charge in [0, 0.05) is 16.1 Å². The van der Waals surface area contributed by atoms with E-state index in [1.54, 1.807) is 12.1 Å². The van der Waals surface area contributed by atoms with Crippen LogP contribution in [0, 0.1) is 22.7 Å². The Hall–Kier alpha value is -3.19. The lowest BCUT2D eigenvalue weighted by Crippen LogP contribution is -2.52. The molecule has 4 N–H and O–H groups in total. The van der Waals surface area contributed by atoms with Gasteiger partial charge in [-0.25, -0.2) is 0 Å². The predicted molar refractivity (Wildman–Crippen MR) is 155 cm³/mol. The highest BCUT2D eigenvalue weighted by Gasteiger charge is 2.55. The molecular weight excluding hydrogens is 510 g/mol. The summed E-state index contributed by atoms with van der Waals surface area (Å²) in [5.74, 6) is 0.533. The number of hydrogen-bond acceptors (Lipinski definition) is 4. The molecule has 1 atom stereocenters. The molecule has 39 heavy (non-hydrogen) atoms. The third-order valence-electron chi connectivity index (χ3n) is 8.60. The first-order valence-corrected chi connectivity index (χ1v) is 14.3. The van der Waals surface area contributed by atoms with Gasteiger partial charge in [0.05, 0.1) is 12.6 Å². The molecule has 1 spiro atoms. The van der Waals surface area contributed by atoms with Crippen LogP contribution in [-0.4, -0.2) is 40.5 Å². The molecule has 2 aliphatic carbocycles. The lowest BCUT2D eigenvalue weighted by molar-refractivity contribution is -0.134. The van der Waals surface area contributed by atoms with E-state index in [-0.39, 0.29) is 35.7 Å². The lowest BCUT2D eigenvalue weighted by Gasteiger charge is -2.47. The van der Waals surface area contributed by atoms with Gasteiger partial charge < -0.3 is 16.0 Å². The zero-order chi connectivity index (χ0) is 27.9. The van der Waals surface area contributed by atoms with Crippen molar-refractivity contribution in [2.24, 2.45) is 28.0 Å². The van der Waals surface area contributed by atoms with Gasteiger partial charge in [-0.2, -0.15) is 0 Å². The molecule has 0 radical (unpaired) electrons. The van der Waals surface area contributed by atoms with Crippen molar-refractivity contribution in [1.82, 2.24) is 10.2 Å². The van der Waals surface area contributed by atoms with Crippen molar-refractivity contribution in [3.8, 4) is 0 Å². The van der Waals surface area contributed by atoms with Crippen LogP contribution < -0.4 is 11.1 Å². The van der Waals surface area contributed by atoms with Gasteiger partial charge in [0.1, 0.15) is 17.2 Å². The second-order valence-electron chi connectivity index (χ2n) is 12.4. The van der Waals surface area contributed by atoms with Gasteiger partial charge in [-0.3, -0.25) is 20.0 Å². The fourth-order valence-electron chi connectivity index (χ4n) is 6.27. The van der Waals surface area contributed by atoms with Crippen LogP contribution in [0.4, 0.5) is 0 Å². The van der Waals surface area contributed by atoms with E-state index in [2.05, 4.69) is 31.0 Å². The number of carbonyl (C=O) groups is 2. The molecule has 2 aromatic carbocycles. The maximum atomic E-state index is 14.3. The summed E-state index contributed by atoms with van der Waals surface area (Å²) in [6, 6.07) is 14.8. The van der Waals surface area contributed by atoms with Gasteiger partial charge in [-0.05, 0) is 85.6 Å². The summed E-state index contributed by atoms with van der Waals surface area (Å²) in [4.78, 5) is 34.1. The SMILES string of the molecule is CC(C)(C)C1CCC2(CC1)N=C(c1cccc(Cl)c1)C(=O)N2[C@@H](c1ccc(C(=O)NCC(=N)N)cc1)C1CC1. The van der Waals surface area contributed by atoms with E-state index >= 15 is 0 Å². The van der Waals surface area contributed by atoms with Crippen molar-refractivity contribution < 1.29 is 9.59 Å². The molecule has 0 unspecified atom stereocenters. The van der Waals surface area contributed by atoms with Crippen LogP contribution in [0.2, 0.25) is 5.02 Å². The zero-order valence-corrected chi connectivity index (χ0v) is 23.7. The third-order valence-corrected chi connectivity index (χ3v) is 8.83. The third kappa shape index (κ3) is 5.60. The molecule has 2 aromatic rings. The van der Waals surface area contributed by atoms with Crippen molar-refractivity contribution in [2.75, 3.05) is 6.54 Å². The summed E-state index contributed by atoms with van der Waals surface area (Å²) in [6.07, 6.45) is 5.82. The number of nitrogens with two attached hydrogens (primary N) is 1. The molecule has 8 heteroatoms. The number of nitrogens with zero attached hydrogens (tertiary/aromatic N) is 2. The van der Waals surface area contributed by atoms with Crippen LogP contribution in [-0.2, 0) is 4.79 Å². The van der Waals surface area contributed by atoms with Crippen LogP contribution in [0.3, 0.4) is 0 Å². The molecule has 2 amide bonds. The van der Waals surface area contributed by atoms with Gasteiger partial charge in [0.2, 0.25) is 0 Å². The van der Waals surface area contributed by atoms with Crippen LogP contribution in [0.15, 0.2) is 53.5 Å². The molecule has 2 saturated carbocycles. The van der Waals surface area contributed by atoms with Gasteiger partial charge in [0.25, 0.3) is 11.8 Å². The maximum Gasteiger partial charge on any atom is 0.275 e. The number of nitrogens with one attached hydrogen (secondary N) is 2. The summed E-state index contributed by atoms with van der Waals surface area (Å²) in [5, 5.41) is 10.6. The number of halogens is 1. The average Bonchev–Trinajstić information content (AvgIpc) is 3.69. The number of benzene rings is 2. The van der Waals surface area contributed by atoms with E-state index in [1.807, 2.05) is 36.4 Å². The summed E-state index contributed by atoms with van der Waals surface area (Å²) >= 11 is 6.32. The zero-order valence-electron chi connectivity index (χ0n) is 23.0. The number of carbonyl (C=O) groups excluding carboxylic acids is 2. The highest BCUT2D eigenvalue weighted by molar-refractivity contribution is 6.47. The van der Waals surface area contributed by atoms with Crippen molar-refractivity contribution in [3.05, 3.63) is 70.2 Å². The largest absolute Gasteiger partial charge is 0.386 e. The molecule has 1 heterocycles. The molecule has 0 saturated heterocycles. The molecular formula is C31H38ClN5O2. The van der Waals surface area contributed by atoms with E-state index in [4.69, 9.17) is 27.7 Å². The summed E-state index contributed by atoms with van der Waals surface area (Å²) in [7, 11) is 0. The van der Waals surface area contributed by atoms with E-state index < -0.39 is 5.66 Å². The monoisotopic (exact) mass is 547 g/mol. The Balaban J connectivity index is 1.50. The Kier molecular flexibility index (Phi) is 7.31. The van der Waals surface area contributed by atoms with Crippen molar-refractivity contribution >= 4 is 35.0 Å². The predicted octanol–water partition coefficient (Wildman–Crippen LogP) is 5.72. The van der Waals surface area contributed by atoms with Crippen molar-refractivity contribution in [3.63, 3.8) is 0 Å². The fourth-order valence-corrected chi connectivity index (χ4v) is 6.46. The normalized spacial score (nSPS) is 24.0. The summed E-state index contributed by atoms with van der Waals surface area (Å²) < 4.78 is 0. The second kappa shape index (κ2) is 10.4. The van der Waals surface area contributed by atoms with Crippen molar-refractivity contribution in [2.45, 2.75) is 71.0 Å². The standard InChI is InChI=1S/C31H38ClN5O2/c1-30(2,3)23-13-15-31(16-14-23)36-26(22-5-4-6-24(32)17-22)29(39)37(31)27(19-7-8-19)20-9-11-21(12-10-20)28(38)35-18-25(33)34/h4-6,9-12,17,19,23,27H,7-8,13-16,18H2,1-3H3,(H3,33,34)(H,35,38)/t23?,27-,31?/m1/s1. The number of aliphatic imine (C=N–C) groups is 1. The number of amides is 2. The van der Waals surface area contributed by atoms with E-state index in [9.17, 15) is 9.59 Å². The number of amidine groups is 1. The average molecular weight is 548 g/mol. The minimum atomic E-state index is -0.582. The lowest BCUT2D eigenvalue weighted by atomic mass is 9.69. The first kappa shape index (κ1) is 27.4. The minimum Gasteiger partial charge on any atom is -0.386 e. The van der Waals surface area contributed by atoms with Crippen LogP contribution in [0.1, 0.15) is 86.8 Å². The van der Waals surface area contributed by atoms with Crippen molar-refractivity contribution in [1.29, 1.82) is 5.41 Å². The summed E-state index contributed by atoms with van der Waals surface area (Å²) in [6.45, 7) is 6.91. The van der Waals surface area contributed by atoms with Gasteiger partial charge in [0.15, 0.2) is 0 Å². The first-order chi connectivity index (χ1) is 18.5. The highest BCUT2D eigenvalue weighted by atomic mass is 35.5. The maximum absolute atomic E-state index is 14.3. The topological polar surface area (TPSA) is 112 Å². The number of rotatable bonds is 7. The molecule has 0 aromatic heterocycles. The van der Waals surface area contributed by atoms with E-state index in [0.29, 0.717) is 28.1 Å². The Morgan fingerprint density at radius 2 is 1.82 bits per heavy atom. The van der Waals surface area contributed by atoms with Crippen LogP contribution in [0.25, 0.3) is 0 Å². The molecule has 5 rings (SSSR count). The molecule has 7 nitrogen and oxygen atoms in total. The van der Waals surface area contributed by atoms with Crippen LogP contribution in [0.5, 0.6) is 0 Å². The Morgan fingerprint density at radius 3 is 2.38 bits per heavy atom. The van der Waals surface area contributed by atoms with E-state index in [1.165, 1.54) is 0 Å².